The van der Waals surface area contributed by atoms with E-state index in [2.05, 4.69) is 21.3 Å². The van der Waals surface area contributed by atoms with Gasteiger partial charge in [-0.1, -0.05) is 17.7 Å². The highest BCUT2D eigenvalue weighted by Gasteiger charge is 2.45. The molecule has 2 amide bonds. The number of carboxylic acids is 1. The van der Waals surface area contributed by atoms with Gasteiger partial charge in [-0.05, 0) is 97.9 Å². The lowest BCUT2D eigenvalue weighted by atomic mass is 9.97. The molecule has 2 N–H and O–H groups in total. The lowest BCUT2D eigenvalue weighted by Gasteiger charge is -2.42. The van der Waals surface area contributed by atoms with Gasteiger partial charge in [0.1, 0.15) is 46.0 Å². The summed E-state index contributed by atoms with van der Waals surface area (Å²) in [5.74, 6) is -2.08. The Morgan fingerprint density at radius 2 is 1.75 bits per heavy atom. The van der Waals surface area contributed by atoms with Gasteiger partial charge in [0.25, 0.3) is 0 Å². The maximum atomic E-state index is 17.5. The van der Waals surface area contributed by atoms with Crippen LogP contribution in [0.1, 0.15) is 85.6 Å². The van der Waals surface area contributed by atoms with Gasteiger partial charge in [-0.15, -0.1) is 11.3 Å². The van der Waals surface area contributed by atoms with E-state index in [1.165, 1.54) is 6.07 Å². The molecule has 2 aromatic carbocycles. The second-order valence-corrected chi connectivity index (χ2v) is 19.5. The number of piperazine rings is 1. The zero-order chi connectivity index (χ0) is 45.4. The summed E-state index contributed by atoms with van der Waals surface area (Å²) in [6, 6.07) is 5.64. The molecule has 3 aliphatic rings. The Morgan fingerprint density at radius 3 is 2.41 bits per heavy atom. The number of ether oxygens (including phenoxy) is 4. The summed E-state index contributed by atoms with van der Waals surface area (Å²) in [7, 11) is 0. The fourth-order valence-electron chi connectivity index (χ4n) is 8.55. The predicted octanol–water partition coefficient (Wildman–Crippen LogP) is 8.97. The Bertz CT molecular complexity index is 2440. The molecule has 4 aromatic rings. The van der Waals surface area contributed by atoms with Crippen LogP contribution >= 0.6 is 22.9 Å². The van der Waals surface area contributed by atoms with E-state index in [1.54, 1.807) is 31.7 Å². The highest BCUT2D eigenvalue weighted by atomic mass is 35.5. The van der Waals surface area contributed by atoms with Gasteiger partial charge in [0.2, 0.25) is 0 Å². The van der Waals surface area contributed by atoms with Gasteiger partial charge in [-0.25, -0.2) is 18.4 Å². The van der Waals surface area contributed by atoms with E-state index in [0.29, 0.717) is 43.9 Å². The molecule has 2 bridgehead atoms. The highest BCUT2D eigenvalue weighted by Crippen LogP contribution is 2.47. The molecule has 0 aliphatic carbocycles. The monoisotopic (exact) mass is 911 g/mol. The molecule has 2 aromatic heterocycles. The summed E-state index contributed by atoms with van der Waals surface area (Å²) >= 11 is 7.84. The quantitative estimate of drug-likeness (QED) is 0.122. The SMILES string of the molecule is CC(C)(C)OC(=O)Nc1sc2c(F)ccc(-c3c(Cl)cc4c(N5CC6CCC(C5)N6C(=O)OC(C)(C)C)nc(OCC5CCCN5CCCOCCC(=O)O)nc4c3F)c2c1C#N. The first-order valence-corrected chi connectivity index (χ1v) is 22.3. The number of anilines is 2. The van der Waals surface area contributed by atoms with Crippen LogP contribution in [0.15, 0.2) is 18.2 Å². The third kappa shape index (κ3) is 10.3. The standard InChI is InChI=1S/C44H52ClF2N7O8S/c1-43(2,3)61-41(57)51-39-29(20-48)33-27(12-13-31(46)37(33)63-39)34-30(45)19-28-36(35(34)47)49-40(60-23-26-9-7-15-52(26)16-8-17-59-18-14-32(55)56)50-38(28)53-21-24-10-11-25(22-53)54(24)42(58)62-44(4,5)6/h12-13,19,24-26H,7-11,14-18,21-23H2,1-6H3,(H,51,57)(H,55,56). The molecule has 7 rings (SSSR count). The summed E-state index contributed by atoms with van der Waals surface area (Å²) in [6.07, 6.45) is 2.67. The first kappa shape index (κ1) is 45.9. The molecule has 19 heteroatoms. The Labute approximate surface area is 373 Å². The second kappa shape index (κ2) is 18.6. The van der Waals surface area contributed by atoms with Crippen LogP contribution in [0.2, 0.25) is 5.02 Å². The lowest BCUT2D eigenvalue weighted by Crippen LogP contribution is -2.57. The van der Waals surface area contributed by atoms with E-state index in [4.69, 9.17) is 40.6 Å². The molecule has 3 aliphatic heterocycles. The average Bonchev–Trinajstić information content (AvgIpc) is 3.87. The Hall–Kier alpha value is -5.09. The van der Waals surface area contributed by atoms with Gasteiger partial charge < -0.3 is 29.0 Å². The van der Waals surface area contributed by atoms with Crippen molar-refractivity contribution >= 4 is 72.9 Å². The zero-order valence-electron chi connectivity index (χ0n) is 36.2. The predicted molar refractivity (Wildman–Crippen MR) is 235 cm³/mol. The number of halogens is 3. The number of hydrogen-bond donors (Lipinski definition) is 2. The molecule has 0 saturated carbocycles. The van der Waals surface area contributed by atoms with Crippen LogP contribution in [-0.2, 0) is 19.0 Å². The van der Waals surface area contributed by atoms with E-state index in [1.807, 2.05) is 25.7 Å². The number of hydrogen-bond acceptors (Lipinski definition) is 13. The number of nitrogens with zero attached hydrogens (tertiary/aromatic N) is 6. The van der Waals surface area contributed by atoms with Crippen molar-refractivity contribution in [2.75, 3.05) is 56.2 Å². The van der Waals surface area contributed by atoms with Crippen molar-refractivity contribution in [3.63, 3.8) is 0 Å². The molecule has 3 fully saturated rings. The number of carbonyl (C=O) groups is 3. The molecule has 3 saturated heterocycles. The van der Waals surface area contributed by atoms with E-state index in [-0.39, 0.29) is 86.1 Å². The number of thiophene rings is 1. The van der Waals surface area contributed by atoms with Crippen LogP contribution in [-0.4, -0.2) is 118 Å². The number of carbonyl (C=O) groups excluding carboxylic acids is 2. The largest absolute Gasteiger partial charge is 0.481 e. The maximum Gasteiger partial charge on any atom is 0.412 e. The maximum absolute atomic E-state index is 17.5. The van der Waals surface area contributed by atoms with Crippen LogP contribution in [0.4, 0.5) is 29.2 Å². The molecule has 0 radical (unpaired) electrons. The van der Waals surface area contributed by atoms with Crippen molar-refractivity contribution in [2.24, 2.45) is 0 Å². The van der Waals surface area contributed by atoms with Gasteiger partial charge in [0.05, 0.1) is 40.4 Å². The topological polar surface area (TPSA) is 180 Å². The smallest absolute Gasteiger partial charge is 0.412 e. The molecular formula is C44H52ClF2N7O8S. The van der Waals surface area contributed by atoms with Gasteiger partial charge in [0.15, 0.2) is 5.82 Å². The molecule has 3 atom stereocenters. The van der Waals surface area contributed by atoms with Crippen LogP contribution in [0, 0.1) is 23.0 Å². The molecule has 63 heavy (non-hydrogen) atoms. The van der Waals surface area contributed by atoms with Crippen molar-refractivity contribution in [3.05, 3.63) is 40.4 Å². The third-order valence-electron chi connectivity index (χ3n) is 11.1. The fourth-order valence-corrected chi connectivity index (χ4v) is 9.91. The second-order valence-electron chi connectivity index (χ2n) is 18.0. The van der Waals surface area contributed by atoms with Crippen molar-refractivity contribution < 1.29 is 47.2 Å². The average molecular weight is 912 g/mol. The van der Waals surface area contributed by atoms with E-state index in [0.717, 1.165) is 49.6 Å². The normalized spacial score (nSPS) is 19.1. The number of nitrogens with one attached hydrogen (secondary N) is 1. The summed E-state index contributed by atoms with van der Waals surface area (Å²) < 4.78 is 56.0. The van der Waals surface area contributed by atoms with Crippen molar-refractivity contribution in [3.8, 4) is 23.2 Å². The zero-order valence-corrected chi connectivity index (χ0v) is 37.8. The molecule has 5 heterocycles. The molecule has 338 valence electrons. The number of nitriles is 1. The number of fused-ring (bicyclic) bond motifs is 4. The van der Waals surface area contributed by atoms with Gasteiger partial charge in [-0.3, -0.25) is 19.9 Å². The number of aromatic nitrogens is 2. The van der Waals surface area contributed by atoms with Crippen molar-refractivity contribution in [1.82, 2.24) is 19.8 Å². The number of likely N-dealkylation sites (tertiary alicyclic amines) is 1. The van der Waals surface area contributed by atoms with Gasteiger partial charge in [-0.2, -0.15) is 15.2 Å². The lowest BCUT2D eigenvalue weighted by molar-refractivity contribution is -0.138. The Morgan fingerprint density at radius 1 is 1.03 bits per heavy atom. The van der Waals surface area contributed by atoms with E-state index in [9.17, 15) is 19.6 Å². The van der Waals surface area contributed by atoms with Crippen LogP contribution in [0.25, 0.3) is 32.1 Å². The van der Waals surface area contributed by atoms with E-state index >= 15 is 8.78 Å². The number of carboxylic acid groups (broad SMARTS) is 1. The first-order valence-electron chi connectivity index (χ1n) is 21.1. The van der Waals surface area contributed by atoms with Crippen molar-refractivity contribution in [2.45, 2.75) is 109 Å². The number of aliphatic carboxylic acids is 1. The fraction of sp³-hybridized carbons (Fsp3) is 0.545. The summed E-state index contributed by atoms with van der Waals surface area (Å²) in [4.78, 5) is 52.5. The first-order chi connectivity index (χ1) is 29.8. The minimum absolute atomic E-state index is 0.00402. The van der Waals surface area contributed by atoms with Gasteiger partial charge >= 0.3 is 24.2 Å². The minimum Gasteiger partial charge on any atom is -0.481 e. The van der Waals surface area contributed by atoms with Crippen LogP contribution < -0.4 is 15.0 Å². The number of amides is 2. The molecular weight excluding hydrogens is 860 g/mol. The Balaban J connectivity index is 1.26. The molecule has 15 nitrogen and oxygen atoms in total. The van der Waals surface area contributed by atoms with E-state index < -0.39 is 41.0 Å². The summed E-state index contributed by atoms with van der Waals surface area (Å²) in [5, 5.41) is 22.1. The number of benzene rings is 2. The minimum atomic E-state index is -0.910. The summed E-state index contributed by atoms with van der Waals surface area (Å²) in [6.45, 7) is 13.6. The highest BCUT2D eigenvalue weighted by molar-refractivity contribution is 7.23. The summed E-state index contributed by atoms with van der Waals surface area (Å²) in [5.41, 5.74) is -1.76. The molecule has 3 unspecified atom stereocenters. The Kier molecular flexibility index (Phi) is 13.5. The molecule has 0 spiro atoms. The van der Waals surface area contributed by atoms with Crippen LogP contribution in [0.5, 0.6) is 6.01 Å². The number of rotatable bonds is 13. The third-order valence-corrected chi connectivity index (χ3v) is 12.5. The van der Waals surface area contributed by atoms with Gasteiger partial charge in [0, 0.05) is 48.6 Å². The van der Waals surface area contributed by atoms with Crippen LogP contribution in [0.3, 0.4) is 0 Å². The van der Waals surface area contributed by atoms with Crippen molar-refractivity contribution in [1.29, 1.82) is 5.26 Å².